The second kappa shape index (κ2) is 5.79. The summed E-state index contributed by atoms with van der Waals surface area (Å²) in [7, 11) is 0. The molecule has 0 saturated heterocycles. The molecule has 0 saturated carbocycles. The lowest BCUT2D eigenvalue weighted by Crippen LogP contribution is -2.04. The van der Waals surface area contributed by atoms with Gasteiger partial charge in [-0.15, -0.1) is 0 Å². The average Bonchev–Trinajstić information content (AvgIpc) is 2.28. The molecule has 1 aromatic rings. The van der Waals surface area contributed by atoms with Crippen molar-refractivity contribution in [2.45, 2.75) is 31.1 Å². The largest absolute Gasteiger partial charge is 0.611 e. The standard InChI is InChI=1S/C12H15NOS/c1-3-15(14)12-6-4-5-11(9-12)10(2)7-8-13/h4-6,9-10H,3,7H2,1-2H3. The topological polar surface area (TPSA) is 46.8 Å². The highest BCUT2D eigenvalue weighted by molar-refractivity contribution is 7.91. The van der Waals surface area contributed by atoms with Crippen molar-refractivity contribution in [1.82, 2.24) is 0 Å². The highest BCUT2D eigenvalue weighted by Crippen LogP contribution is 2.22. The van der Waals surface area contributed by atoms with Crippen LogP contribution in [0.25, 0.3) is 0 Å². The molecule has 80 valence electrons. The summed E-state index contributed by atoms with van der Waals surface area (Å²) in [4.78, 5) is 0.861. The molecular weight excluding hydrogens is 206 g/mol. The third kappa shape index (κ3) is 3.26. The minimum atomic E-state index is -0.904. The van der Waals surface area contributed by atoms with E-state index in [0.717, 1.165) is 10.5 Å². The number of nitriles is 1. The summed E-state index contributed by atoms with van der Waals surface area (Å²) in [6, 6.07) is 9.87. The first-order valence-electron chi connectivity index (χ1n) is 5.04. The fourth-order valence-electron chi connectivity index (χ4n) is 1.38. The van der Waals surface area contributed by atoms with E-state index in [9.17, 15) is 4.55 Å². The van der Waals surface area contributed by atoms with Crippen LogP contribution in [-0.2, 0) is 11.2 Å². The Hall–Kier alpha value is -0.980. The molecule has 0 spiro atoms. The highest BCUT2D eigenvalue weighted by atomic mass is 32.2. The molecule has 0 radical (unpaired) electrons. The molecule has 0 fully saturated rings. The fourth-order valence-corrected chi connectivity index (χ4v) is 2.22. The van der Waals surface area contributed by atoms with Gasteiger partial charge in [0.15, 0.2) is 4.90 Å². The van der Waals surface area contributed by atoms with Crippen molar-refractivity contribution >= 4 is 11.2 Å². The van der Waals surface area contributed by atoms with E-state index in [-0.39, 0.29) is 5.92 Å². The Balaban J connectivity index is 2.88. The average molecular weight is 221 g/mol. The van der Waals surface area contributed by atoms with E-state index in [2.05, 4.69) is 6.07 Å². The van der Waals surface area contributed by atoms with Crippen molar-refractivity contribution in [3.63, 3.8) is 0 Å². The Morgan fingerprint density at radius 2 is 2.27 bits per heavy atom. The molecule has 2 atom stereocenters. The summed E-state index contributed by atoms with van der Waals surface area (Å²) in [6.07, 6.45) is 0.502. The molecule has 15 heavy (non-hydrogen) atoms. The zero-order valence-electron chi connectivity index (χ0n) is 9.06. The Morgan fingerprint density at radius 3 is 2.87 bits per heavy atom. The van der Waals surface area contributed by atoms with Crippen LogP contribution in [0.5, 0.6) is 0 Å². The lowest BCUT2D eigenvalue weighted by atomic mass is 9.99. The van der Waals surface area contributed by atoms with E-state index in [1.807, 2.05) is 38.1 Å². The van der Waals surface area contributed by atoms with Crippen molar-refractivity contribution in [3.05, 3.63) is 29.8 Å². The van der Waals surface area contributed by atoms with E-state index in [0.29, 0.717) is 12.2 Å². The number of benzene rings is 1. The first kappa shape index (κ1) is 12.1. The number of rotatable bonds is 4. The highest BCUT2D eigenvalue weighted by Gasteiger charge is 2.11. The Kier molecular flexibility index (Phi) is 4.67. The van der Waals surface area contributed by atoms with Gasteiger partial charge in [-0.1, -0.05) is 19.1 Å². The Bertz CT molecular complexity index is 359. The summed E-state index contributed by atoms with van der Waals surface area (Å²) in [5, 5.41) is 8.61. The maximum Gasteiger partial charge on any atom is 0.152 e. The van der Waals surface area contributed by atoms with Gasteiger partial charge in [0.1, 0.15) is 5.75 Å². The third-order valence-corrected chi connectivity index (χ3v) is 3.65. The maximum absolute atomic E-state index is 11.6. The molecule has 0 aliphatic rings. The Labute approximate surface area is 94.1 Å². The van der Waals surface area contributed by atoms with E-state index < -0.39 is 11.2 Å². The van der Waals surface area contributed by atoms with Crippen LogP contribution in [0.4, 0.5) is 0 Å². The lowest BCUT2D eigenvalue weighted by Gasteiger charge is -2.11. The third-order valence-electron chi connectivity index (χ3n) is 2.35. The van der Waals surface area contributed by atoms with E-state index in [4.69, 9.17) is 5.26 Å². The van der Waals surface area contributed by atoms with Crippen LogP contribution in [0, 0.1) is 11.3 Å². The summed E-state index contributed by atoms with van der Waals surface area (Å²) in [6.45, 7) is 3.92. The SMILES string of the molecule is CC[S+]([O-])c1cccc(C(C)CC#N)c1. The summed E-state index contributed by atoms with van der Waals surface area (Å²) >= 11 is -0.904. The van der Waals surface area contributed by atoms with Gasteiger partial charge in [-0.2, -0.15) is 5.26 Å². The predicted octanol–water partition coefficient (Wildman–Crippen LogP) is 2.83. The molecule has 1 rings (SSSR count). The molecule has 0 aliphatic heterocycles. The van der Waals surface area contributed by atoms with Crippen LogP contribution in [0.15, 0.2) is 29.2 Å². The normalized spacial score (nSPS) is 14.3. The monoisotopic (exact) mass is 221 g/mol. The van der Waals surface area contributed by atoms with Gasteiger partial charge in [-0.25, -0.2) is 0 Å². The Morgan fingerprint density at radius 1 is 1.53 bits per heavy atom. The number of hydrogen-bond donors (Lipinski definition) is 0. The van der Waals surface area contributed by atoms with E-state index in [1.165, 1.54) is 0 Å². The molecule has 0 N–H and O–H groups in total. The van der Waals surface area contributed by atoms with Gasteiger partial charge in [0.05, 0.1) is 6.07 Å². The molecular formula is C12H15NOS. The molecule has 1 aromatic carbocycles. The van der Waals surface area contributed by atoms with Crippen LogP contribution in [0.3, 0.4) is 0 Å². The van der Waals surface area contributed by atoms with Crippen LogP contribution < -0.4 is 0 Å². The zero-order valence-corrected chi connectivity index (χ0v) is 9.88. The van der Waals surface area contributed by atoms with Gasteiger partial charge in [0.2, 0.25) is 0 Å². The molecule has 2 unspecified atom stereocenters. The van der Waals surface area contributed by atoms with Gasteiger partial charge in [0.25, 0.3) is 0 Å². The zero-order chi connectivity index (χ0) is 11.3. The van der Waals surface area contributed by atoms with Crippen molar-refractivity contribution in [2.24, 2.45) is 0 Å². The van der Waals surface area contributed by atoms with Crippen LogP contribution in [0.2, 0.25) is 0 Å². The predicted molar refractivity (Wildman–Crippen MR) is 62.0 cm³/mol. The van der Waals surface area contributed by atoms with E-state index in [1.54, 1.807) is 0 Å². The molecule has 0 aliphatic carbocycles. The molecule has 0 heterocycles. The summed E-state index contributed by atoms with van der Waals surface area (Å²) in [5.41, 5.74) is 1.09. The number of nitrogens with zero attached hydrogens (tertiary/aromatic N) is 1. The van der Waals surface area contributed by atoms with Gasteiger partial charge >= 0.3 is 0 Å². The molecule has 0 bridgehead atoms. The second-order valence-corrected chi connectivity index (χ2v) is 5.21. The van der Waals surface area contributed by atoms with E-state index >= 15 is 0 Å². The lowest BCUT2D eigenvalue weighted by molar-refractivity contribution is 0.596. The van der Waals surface area contributed by atoms with Crippen molar-refractivity contribution in [2.75, 3.05) is 5.75 Å². The fraction of sp³-hybridized carbons (Fsp3) is 0.417. The minimum Gasteiger partial charge on any atom is -0.611 e. The van der Waals surface area contributed by atoms with Gasteiger partial charge < -0.3 is 4.55 Å². The first-order chi connectivity index (χ1) is 7.19. The molecule has 0 aromatic heterocycles. The minimum absolute atomic E-state index is 0.212. The van der Waals surface area contributed by atoms with Crippen molar-refractivity contribution in [1.29, 1.82) is 5.26 Å². The van der Waals surface area contributed by atoms with Crippen LogP contribution in [-0.4, -0.2) is 10.3 Å². The second-order valence-electron chi connectivity index (χ2n) is 3.47. The first-order valence-corrected chi connectivity index (χ1v) is 6.36. The van der Waals surface area contributed by atoms with Gasteiger partial charge in [-0.3, -0.25) is 0 Å². The number of hydrogen-bond acceptors (Lipinski definition) is 2. The molecule has 2 nitrogen and oxygen atoms in total. The summed E-state index contributed by atoms with van der Waals surface area (Å²) in [5.74, 6) is 0.847. The van der Waals surface area contributed by atoms with Gasteiger partial charge in [-0.05, 0) is 41.7 Å². The van der Waals surface area contributed by atoms with Crippen LogP contribution >= 0.6 is 0 Å². The molecule has 3 heteroatoms. The molecule has 0 amide bonds. The maximum atomic E-state index is 11.6. The van der Waals surface area contributed by atoms with Crippen molar-refractivity contribution in [3.8, 4) is 6.07 Å². The quantitative estimate of drug-likeness (QED) is 0.734. The van der Waals surface area contributed by atoms with Gasteiger partial charge in [0, 0.05) is 6.42 Å². The van der Waals surface area contributed by atoms with Crippen LogP contribution in [0.1, 0.15) is 31.7 Å². The summed E-state index contributed by atoms with van der Waals surface area (Å²) < 4.78 is 11.6. The van der Waals surface area contributed by atoms with Crippen molar-refractivity contribution < 1.29 is 4.55 Å². The smallest absolute Gasteiger partial charge is 0.152 e.